The summed E-state index contributed by atoms with van der Waals surface area (Å²) in [5, 5.41) is 18.4. The van der Waals surface area contributed by atoms with E-state index in [0.29, 0.717) is 0 Å². The molecule has 0 fully saturated rings. The molecular formula is C42H24. The van der Waals surface area contributed by atoms with Crippen molar-refractivity contribution in [1.29, 1.82) is 0 Å². The maximum absolute atomic E-state index is 2.37. The molecule has 0 saturated carbocycles. The molecule has 0 spiro atoms. The van der Waals surface area contributed by atoms with Crippen molar-refractivity contribution >= 4 is 75.4 Å². The Kier molecular flexibility index (Phi) is 4.27. The third-order valence-electron chi connectivity index (χ3n) is 9.48. The van der Waals surface area contributed by atoms with E-state index in [2.05, 4.69) is 146 Å². The third kappa shape index (κ3) is 3.01. The van der Waals surface area contributed by atoms with Gasteiger partial charge in [-0.05, 0) is 122 Å². The Bertz CT molecular complexity index is 2590. The lowest BCUT2D eigenvalue weighted by Gasteiger charge is -2.15. The van der Waals surface area contributed by atoms with Crippen molar-refractivity contribution in [3.8, 4) is 22.3 Å². The summed E-state index contributed by atoms with van der Waals surface area (Å²) in [5.41, 5.74) is 5.06. The van der Waals surface area contributed by atoms with Crippen LogP contribution in [0.25, 0.3) is 97.7 Å². The van der Waals surface area contributed by atoms with E-state index in [1.54, 1.807) is 0 Å². The van der Waals surface area contributed by atoms with Crippen molar-refractivity contribution in [2.75, 3.05) is 0 Å². The van der Waals surface area contributed by atoms with Crippen LogP contribution in [0.4, 0.5) is 0 Å². The molecule has 0 aromatic heterocycles. The quantitative estimate of drug-likeness (QED) is 0.196. The highest BCUT2D eigenvalue weighted by Gasteiger charge is 2.13. The maximum atomic E-state index is 2.37. The average Bonchev–Trinajstić information content (AvgIpc) is 3.05. The molecule has 0 atom stereocenters. The summed E-state index contributed by atoms with van der Waals surface area (Å²) in [6.07, 6.45) is 0. The molecule has 0 nitrogen and oxygen atoms in total. The van der Waals surface area contributed by atoms with Crippen LogP contribution in [0, 0.1) is 0 Å². The molecule has 0 amide bonds. The highest BCUT2D eigenvalue weighted by molar-refractivity contribution is 6.26. The molecule has 0 bridgehead atoms. The van der Waals surface area contributed by atoms with Gasteiger partial charge in [-0.25, -0.2) is 0 Å². The first-order valence-corrected chi connectivity index (χ1v) is 14.7. The van der Waals surface area contributed by atoms with Crippen LogP contribution in [0.15, 0.2) is 146 Å². The number of fused-ring (bicyclic) bond motifs is 1. The molecule has 0 aliphatic heterocycles. The van der Waals surface area contributed by atoms with E-state index in [1.165, 1.54) is 97.7 Å². The molecular weight excluding hydrogens is 504 g/mol. The fourth-order valence-corrected chi connectivity index (χ4v) is 7.50. The van der Waals surface area contributed by atoms with Gasteiger partial charge in [0.2, 0.25) is 0 Å². The number of rotatable bonds is 2. The molecule has 0 heteroatoms. The lowest BCUT2D eigenvalue weighted by atomic mass is 9.89. The molecule has 10 aromatic rings. The second-order valence-corrected chi connectivity index (χ2v) is 11.8. The fourth-order valence-electron chi connectivity index (χ4n) is 7.50. The van der Waals surface area contributed by atoms with Gasteiger partial charge >= 0.3 is 0 Å². The first-order valence-electron chi connectivity index (χ1n) is 14.7. The number of hydrogen-bond donors (Lipinski definition) is 0. The normalized spacial score (nSPS) is 12.3. The van der Waals surface area contributed by atoms with Crippen molar-refractivity contribution in [3.05, 3.63) is 146 Å². The van der Waals surface area contributed by atoms with Crippen molar-refractivity contribution in [2.24, 2.45) is 0 Å². The van der Waals surface area contributed by atoms with Gasteiger partial charge < -0.3 is 0 Å². The summed E-state index contributed by atoms with van der Waals surface area (Å²) in [6.45, 7) is 0. The minimum absolute atomic E-state index is 1.25. The molecule has 0 radical (unpaired) electrons. The topological polar surface area (TPSA) is 0 Å². The molecule has 0 aliphatic rings. The lowest BCUT2D eigenvalue weighted by Crippen LogP contribution is -1.88. The van der Waals surface area contributed by atoms with Crippen molar-refractivity contribution < 1.29 is 0 Å². The average molecular weight is 529 g/mol. The predicted octanol–water partition coefficient (Wildman–Crippen LogP) is 12.0. The first kappa shape index (κ1) is 22.3. The monoisotopic (exact) mass is 528 g/mol. The first-order chi connectivity index (χ1) is 20.8. The zero-order valence-electron chi connectivity index (χ0n) is 22.9. The van der Waals surface area contributed by atoms with Crippen molar-refractivity contribution in [2.45, 2.75) is 0 Å². The molecule has 0 N–H and O–H groups in total. The lowest BCUT2D eigenvalue weighted by molar-refractivity contribution is 1.67. The van der Waals surface area contributed by atoms with Gasteiger partial charge in [-0.2, -0.15) is 0 Å². The zero-order chi connectivity index (χ0) is 27.4. The van der Waals surface area contributed by atoms with E-state index in [1.807, 2.05) is 0 Å². The van der Waals surface area contributed by atoms with E-state index in [9.17, 15) is 0 Å². The Hall–Kier alpha value is -5.46. The SMILES string of the molecule is c1cc2ccc3cc(-c4ccc5ccc(-c6ccc7ccc8cccc9ccc6c7c89)cc5c4)cc4ccc(c1)c2c34. The molecule has 10 rings (SSSR count). The van der Waals surface area contributed by atoms with Gasteiger partial charge in [0.05, 0.1) is 0 Å². The van der Waals surface area contributed by atoms with Gasteiger partial charge in [0, 0.05) is 0 Å². The Morgan fingerprint density at radius 3 is 1.33 bits per heavy atom. The summed E-state index contributed by atoms with van der Waals surface area (Å²) in [5.74, 6) is 0. The van der Waals surface area contributed by atoms with Crippen LogP contribution in [0.1, 0.15) is 0 Å². The summed E-state index contributed by atoms with van der Waals surface area (Å²) in [6, 6.07) is 54.5. The van der Waals surface area contributed by atoms with Gasteiger partial charge in [-0.3, -0.25) is 0 Å². The molecule has 42 heavy (non-hydrogen) atoms. The van der Waals surface area contributed by atoms with Crippen LogP contribution in [-0.2, 0) is 0 Å². The minimum atomic E-state index is 1.25. The summed E-state index contributed by atoms with van der Waals surface area (Å²) in [4.78, 5) is 0. The summed E-state index contributed by atoms with van der Waals surface area (Å²) < 4.78 is 0. The van der Waals surface area contributed by atoms with Crippen LogP contribution in [-0.4, -0.2) is 0 Å². The second kappa shape index (κ2) is 8.06. The standard InChI is InChI=1S/C42H24/c1-3-26-11-15-33-23-36(24-34-16-12-27(4-1)39(26)41(33)34)31-13-7-25-8-14-32(22-35(25)21-31)37-19-17-30-10-9-28-5-2-6-29-18-20-38(37)42(30)40(28)29/h1-24H. The summed E-state index contributed by atoms with van der Waals surface area (Å²) >= 11 is 0. The molecule has 0 heterocycles. The van der Waals surface area contributed by atoms with Gasteiger partial charge in [0.25, 0.3) is 0 Å². The van der Waals surface area contributed by atoms with Gasteiger partial charge in [-0.15, -0.1) is 0 Å². The van der Waals surface area contributed by atoms with E-state index in [-0.39, 0.29) is 0 Å². The van der Waals surface area contributed by atoms with E-state index in [0.717, 1.165) is 0 Å². The molecule has 192 valence electrons. The van der Waals surface area contributed by atoms with Gasteiger partial charge in [-0.1, -0.05) is 121 Å². The van der Waals surface area contributed by atoms with E-state index >= 15 is 0 Å². The highest BCUT2D eigenvalue weighted by Crippen LogP contribution is 2.41. The molecule has 0 aliphatic carbocycles. The Morgan fingerprint density at radius 2 is 0.667 bits per heavy atom. The van der Waals surface area contributed by atoms with Gasteiger partial charge in [0.15, 0.2) is 0 Å². The Morgan fingerprint density at radius 1 is 0.238 bits per heavy atom. The molecule has 0 saturated heterocycles. The Labute approximate surface area is 242 Å². The second-order valence-electron chi connectivity index (χ2n) is 11.8. The highest BCUT2D eigenvalue weighted by atomic mass is 14.2. The largest absolute Gasteiger partial charge is 0.0610 e. The molecule has 0 unspecified atom stereocenters. The van der Waals surface area contributed by atoms with Crippen molar-refractivity contribution in [1.82, 2.24) is 0 Å². The van der Waals surface area contributed by atoms with Crippen molar-refractivity contribution in [3.63, 3.8) is 0 Å². The smallest absolute Gasteiger partial charge is 0.00206 e. The minimum Gasteiger partial charge on any atom is -0.0610 e. The Balaban J connectivity index is 1.16. The van der Waals surface area contributed by atoms with E-state index in [4.69, 9.17) is 0 Å². The zero-order valence-corrected chi connectivity index (χ0v) is 22.9. The third-order valence-corrected chi connectivity index (χ3v) is 9.48. The van der Waals surface area contributed by atoms with E-state index < -0.39 is 0 Å². The molecule has 10 aromatic carbocycles. The van der Waals surface area contributed by atoms with Gasteiger partial charge in [0.1, 0.15) is 0 Å². The number of hydrogen-bond acceptors (Lipinski definition) is 0. The van der Waals surface area contributed by atoms with Crippen LogP contribution in [0.5, 0.6) is 0 Å². The fraction of sp³-hybridized carbons (Fsp3) is 0. The van der Waals surface area contributed by atoms with Crippen LogP contribution in [0.3, 0.4) is 0 Å². The summed E-state index contributed by atoms with van der Waals surface area (Å²) in [7, 11) is 0. The van der Waals surface area contributed by atoms with Crippen LogP contribution >= 0.6 is 0 Å². The van der Waals surface area contributed by atoms with Crippen LogP contribution < -0.4 is 0 Å². The number of benzene rings is 10. The predicted molar refractivity (Wildman–Crippen MR) is 182 cm³/mol. The maximum Gasteiger partial charge on any atom is -0.00206 e. The van der Waals surface area contributed by atoms with Crippen LogP contribution in [0.2, 0.25) is 0 Å².